The fourth-order valence-corrected chi connectivity index (χ4v) is 0.260. The Morgan fingerprint density at radius 3 is 2.78 bits per heavy atom. The molecule has 3 heteroatoms. The molecule has 0 bridgehead atoms. The Kier molecular flexibility index (Phi) is 4.22. The minimum atomic E-state index is -0.509. The zero-order valence-corrected chi connectivity index (χ0v) is 5.09. The summed E-state index contributed by atoms with van der Waals surface area (Å²) in [6, 6.07) is 0. The Morgan fingerprint density at radius 2 is 2.33 bits per heavy atom. The lowest BCUT2D eigenvalue weighted by atomic mass is 10.7. The van der Waals surface area contributed by atoms with E-state index in [2.05, 4.69) is 23.2 Å². The highest BCUT2D eigenvalue weighted by molar-refractivity contribution is 5.68. The predicted octanol–water partition coefficient (Wildman–Crippen LogP) is 1.04. The Hall–Kier alpha value is -1.25. The number of hydrogen-bond acceptors (Lipinski definition) is 2. The van der Waals surface area contributed by atoms with E-state index in [1.165, 1.54) is 12.3 Å². The Morgan fingerprint density at radius 1 is 1.67 bits per heavy atom. The normalized spacial score (nSPS) is 7.56. The van der Waals surface area contributed by atoms with Gasteiger partial charge in [-0.05, 0) is 6.20 Å². The van der Waals surface area contributed by atoms with E-state index in [-0.39, 0.29) is 6.61 Å². The van der Waals surface area contributed by atoms with Crippen LogP contribution in [0, 0.1) is 0 Å². The molecule has 0 radical (unpaired) electrons. The van der Waals surface area contributed by atoms with Crippen molar-refractivity contribution in [2.75, 3.05) is 6.61 Å². The zero-order valence-electron chi connectivity index (χ0n) is 5.09. The smallest absolute Gasteiger partial charge is 0.411 e. The van der Waals surface area contributed by atoms with E-state index in [1.54, 1.807) is 0 Å². The van der Waals surface area contributed by atoms with Gasteiger partial charge in [-0.3, -0.25) is 5.32 Å². The lowest BCUT2D eigenvalue weighted by Crippen LogP contribution is -2.17. The van der Waals surface area contributed by atoms with Gasteiger partial charge in [0.05, 0.1) is 0 Å². The van der Waals surface area contributed by atoms with Gasteiger partial charge in [0.1, 0.15) is 6.61 Å². The first-order valence-corrected chi connectivity index (χ1v) is 2.46. The molecule has 0 aliphatic rings. The Labute approximate surface area is 54.0 Å². The van der Waals surface area contributed by atoms with E-state index >= 15 is 0 Å². The minimum absolute atomic E-state index is 0.222. The molecule has 0 aromatic heterocycles. The molecule has 0 heterocycles. The van der Waals surface area contributed by atoms with Crippen LogP contribution in [0.1, 0.15) is 0 Å². The molecule has 50 valence electrons. The van der Waals surface area contributed by atoms with Gasteiger partial charge in [0.15, 0.2) is 0 Å². The van der Waals surface area contributed by atoms with Crippen LogP contribution in [0.2, 0.25) is 0 Å². The van der Waals surface area contributed by atoms with Crippen LogP contribution in [-0.2, 0) is 4.74 Å². The van der Waals surface area contributed by atoms with Crippen molar-refractivity contribution in [2.45, 2.75) is 0 Å². The third-order valence-electron chi connectivity index (χ3n) is 0.552. The van der Waals surface area contributed by atoms with Gasteiger partial charge >= 0.3 is 6.09 Å². The van der Waals surface area contributed by atoms with Crippen molar-refractivity contribution in [3.05, 3.63) is 25.4 Å². The standard InChI is InChI=1S/C6H9NO2/c1-3-5-9-6(8)7-4-2/h3-4H,1-2,5H2,(H,7,8). The third kappa shape index (κ3) is 4.61. The van der Waals surface area contributed by atoms with Crippen LogP contribution in [0.15, 0.2) is 25.4 Å². The summed E-state index contributed by atoms with van der Waals surface area (Å²) in [6.45, 7) is 6.85. The lowest BCUT2D eigenvalue weighted by molar-refractivity contribution is 0.162. The van der Waals surface area contributed by atoms with Gasteiger partial charge in [-0.15, -0.1) is 0 Å². The summed E-state index contributed by atoms with van der Waals surface area (Å²) >= 11 is 0. The molecule has 0 saturated heterocycles. The van der Waals surface area contributed by atoms with Crippen molar-refractivity contribution in [1.82, 2.24) is 5.32 Å². The SMILES string of the molecule is C=CCOC(=O)NC=C. The van der Waals surface area contributed by atoms with Gasteiger partial charge < -0.3 is 4.74 Å². The Balaban J connectivity index is 3.26. The molecular weight excluding hydrogens is 118 g/mol. The molecule has 0 fully saturated rings. The van der Waals surface area contributed by atoms with Crippen molar-refractivity contribution in [1.29, 1.82) is 0 Å². The highest BCUT2D eigenvalue weighted by Crippen LogP contribution is 1.75. The van der Waals surface area contributed by atoms with Gasteiger partial charge in [0.25, 0.3) is 0 Å². The maximum absolute atomic E-state index is 10.3. The molecule has 0 aliphatic carbocycles. The number of carbonyl (C=O) groups excluding carboxylic acids is 1. The van der Waals surface area contributed by atoms with Crippen LogP contribution in [-0.4, -0.2) is 12.7 Å². The van der Waals surface area contributed by atoms with E-state index in [0.717, 1.165) is 0 Å². The quantitative estimate of drug-likeness (QED) is 0.575. The van der Waals surface area contributed by atoms with Gasteiger partial charge in [-0.1, -0.05) is 19.2 Å². The summed E-state index contributed by atoms with van der Waals surface area (Å²) in [5.41, 5.74) is 0. The van der Waals surface area contributed by atoms with E-state index in [9.17, 15) is 4.79 Å². The number of ether oxygens (including phenoxy) is 1. The second kappa shape index (κ2) is 4.90. The molecule has 0 spiro atoms. The first kappa shape index (κ1) is 7.75. The molecule has 3 nitrogen and oxygen atoms in total. The fourth-order valence-electron chi connectivity index (χ4n) is 0.260. The molecule has 0 aromatic carbocycles. The lowest BCUT2D eigenvalue weighted by Gasteiger charge is -1.97. The first-order valence-electron chi connectivity index (χ1n) is 2.46. The molecule has 0 aliphatic heterocycles. The molecule has 0 unspecified atom stereocenters. The van der Waals surface area contributed by atoms with Gasteiger partial charge in [-0.25, -0.2) is 4.79 Å². The molecule has 1 N–H and O–H groups in total. The van der Waals surface area contributed by atoms with Crippen LogP contribution >= 0.6 is 0 Å². The highest BCUT2D eigenvalue weighted by atomic mass is 16.5. The molecule has 9 heavy (non-hydrogen) atoms. The number of carbonyl (C=O) groups is 1. The number of hydrogen-bond donors (Lipinski definition) is 1. The summed E-state index contributed by atoms with van der Waals surface area (Å²) in [7, 11) is 0. The van der Waals surface area contributed by atoms with Gasteiger partial charge in [0.2, 0.25) is 0 Å². The van der Waals surface area contributed by atoms with Crippen LogP contribution < -0.4 is 5.32 Å². The minimum Gasteiger partial charge on any atom is -0.445 e. The van der Waals surface area contributed by atoms with Crippen LogP contribution in [0.25, 0.3) is 0 Å². The fraction of sp³-hybridized carbons (Fsp3) is 0.167. The molecule has 0 atom stereocenters. The average Bonchev–Trinajstić information content (AvgIpc) is 1.85. The zero-order chi connectivity index (χ0) is 7.11. The van der Waals surface area contributed by atoms with Crippen molar-refractivity contribution >= 4 is 6.09 Å². The number of amides is 1. The maximum atomic E-state index is 10.3. The summed E-state index contributed by atoms with van der Waals surface area (Å²) < 4.78 is 4.49. The summed E-state index contributed by atoms with van der Waals surface area (Å²) in [4.78, 5) is 10.3. The molecule has 1 amide bonds. The van der Waals surface area contributed by atoms with Crippen molar-refractivity contribution in [3.63, 3.8) is 0 Å². The summed E-state index contributed by atoms with van der Waals surface area (Å²) in [6.07, 6.45) is 2.23. The largest absolute Gasteiger partial charge is 0.445 e. The van der Waals surface area contributed by atoms with Gasteiger partial charge in [-0.2, -0.15) is 0 Å². The predicted molar refractivity (Wildman–Crippen MR) is 34.9 cm³/mol. The van der Waals surface area contributed by atoms with E-state index in [1.807, 2.05) is 0 Å². The first-order chi connectivity index (χ1) is 4.31. The topological polar surface area (TPSA) is 38.3 Å². The number of nitrogens with one attached hydrogen (secondary N) is 1. The van der Waals surface area contributed by atoms with Crippen molar-refractivity contribution in [2.24, 2.45) is 0 Å². The van der Waals surface area contributed by atoms with Crippen LogP contribution in [0.3, 0.4) is 0 Å². The van der Waals surface area contributed by atoms with E-state index in [0.29, 0.717) is 0 Å². The average molecular weight is 127 g/mol. The van der Waals surface area contributed by atoms with Crippen molar-refractivity contribution in [3.8, 4) is 0 Å². The monoisotopic (exact) mass is 127 g/mol. The van der Waals surface area contributed by atoms with Gasteiger partial charge in [0, 0.05) is 0 Å². The van der Waals surface area contributed by atoms with Crippen LogP contribution in [0.4, 0.5) is 4.79 Å². The van der Waals surface area contributed by atoms with E-state index in [4.69, 9.17) is 0 Å². The second-order valence-electron chi connectivity index (χ2n) is 1.24. The third-order valence-corrected chi connectivity index (χ3v) is 0.552. The number of alkyl carbamates (subject to hydrolysis) is 1. The highest BCUT2D eigenvalue weighted by Gasteiger charge is 1.92. The van der Waals surface area contributed by atoms with Crippen LogP contribution in [0.5, 0.6) is 0 Å². The second-order valence-corrected chi connectivity index (χ2v) is 1.24. The molecule has 0 rings (SSSR count). The summed E-state index contributed by atoms with van der Waals surface area (Å²) in [5.74, 6) is 0. The summed E-state index contributed by atoms with van der Waals surface area (Å²) in [5, 5.41) is 2.24. The maximum Gasteiger partial charge on any atom is 0.411 e. The number of rotatable bonds is 3. The molecular formula is C6H9NO2. The van der Waals surface area contributed by atoms with Crippen molar-refractivity contribution < 1.29 is 9.53 Å². The molecule has 0 saturated carbocycles. The molecule has 0 aromatic rings. The van der Waals surface area contributed by atoms with E-state index < -0.39 is 6.09 Å². The Bertz CT molecular complexity index is 120.